The van der Waals surface area contributed by atoms with Gasteiger partial charge >= 0.3 is 0 Å². The second-order valence-electron chi connectivity index (χ2n) is 9.22. The number of amides is 1. The molecule has 0 bridgehead atoms. The smallest absolute Gasteiger partial charge is 0.251 e. The van der Waals surface area contributed by atoms with E-state index in [4.69, 9.17) is 9.40 Å². The summed E-state index contributed by atoms with van der Waals surface area (Å²) in [5.41, 5.74) is 4.61. The lowest BCUT2D eigenvalue weighted by Gasteiger charge is -2.34. The fourth-order valence-electron chi connectivity index (χ4n) is 4.21. The van der Waals surface area contributed by atoms with E-state index in [0.717, 1.165) is 54.5 Å². The first-order valence-electron chi connectivity index (χ1n) is 12.5. The van der Waals surface area contributed by atoms with Gasteiger partial charge in [0.05, 0.1) is 5.69 Å². The number of rotatable bonds is 8. The molecule has 0 saturated carbocycles. The molecule has 0 aliphatic carbocycles. The van der Waals surface area contributed by atoms with Gasteiger partial charge in [0.1, 0.15) is 5.76 Å². The topological polar surface area (TPSA) is 74.5 Å². The minimum Gasteiger partial charge on any atom is -0.441 e. The molecule has 190 valence electrons. The number of likely N-dealkylation sites (N-methyl/N-ethyl adjacent to an activating group) is 1. The number of aryl methyl sites for hydroxylation is 1. The van der Waals surface area contributed by atoms with Crippen molar-refractivity contribution in [3.63, 3.8) is 0 Å². The van der Waals surface area contributed by atoms with Crippen molar-refractivity contribution in [2.45, 2.75) is 24.1 Å². The molecule has 7 nitrogen and oxygen atoms in total. The number of pyridine rings is 1. The maximum Gasteiger partial charge on any atom is 0.251 e. The predicted molar refractivity (Wildman–Crippen MR) is 148 cm³/mol. The Kier molecular flexibility index (Phi) is 7.87. The van der Waals surface area contributed by atoms with Gasteiger partial charge in [-0.05, 0) is 74.1 Å². The Morgan fingerprint density at radius 1 is 1.03 bits per heavy atom. The lowest BCUT2D eigenvalue weighted by Crippen LogP contribution is -2.44. The molecule has 8 heteroatoms. The predicted octanol–water partition coefficient (Wildman–Crippen LogP) is 5.02. The van der Waals surface area contributed by atoms with E-state index in [-0.39, 0.29) is 5.91 Å². The fraction of sp³-hybridized carbons (Fsp3) is 0.276. The van der Waals surface area contributed by atoms with Crippen LogP contribution in [0.5, 0.6) is 0 Å². The zero-order valence-electron chi connectivity index (χ0n) is 21.2. The summed E-state index contributed by atoms with van der Waals surface area (Å²) in [6.45, 7) is 6.73. The summed E-state index contributed by atoms with van der Waals surface area (Å²) in [6.07, 6.45) is 3.46. The van der Waals surface area contributed by atoms with Crippen LogP contribution in [0.1, 0.15) is 27.4 Å². The van der Waals surface area contributed by atoms with Crippen LogP contribution < -0.4 is 10.2 Å². The van der Waals surface area contributed by atoms with E-state index in [2.05, 4.69) is 51.4 Å². The maximum atomic E-state index is 12.5. The zero-order chi connectivity index (χ0) is 25.6. The van der Waals surface area contributed by atoms with Gasteiger partial charge in [0.2, 0.25) is 5.89 Å². The highest BCUT2D eigenvalue weighted by Crippen LogP contribution is 2.29. The first-order chi connectivity index (χ1) is 18.0. The number of anilines is 1. The van der Waals surface area contributed by atoms with Crippen molar-refractivity contribution < 1.29 is 9.21 Å². The summed E-state index contributed by atoms with van der Waals surface area (Å²) < 4.78 is 5.96. The summed E-state index contributed by atoms with van der Waals surface area (Å²) in [5.74, 6) is 1.99. The number of nitrogens with one attached hydrogen (secondary N) is 1. The van der Waals surface area contributed by atoms with Crippen molar-refractivity contribution in [2.24, 2.45) is 0 Å². The van der Waals surface area contributed by atoms with Crippen molar-refractivity contribution >= 4 is 23.4 Å². The largest absolute Gasteiger partial charge is 0.441 e. The lowest BCUT2D eigenvalue weighted by atomic mass is 10.1. The molecule has 0 atom stereocenters. The highest BCUT2D eigenvalue weighted by Gasteiger charge is 2.15. The highest BCUT2D eigenvalue weighted by atomic mass is 32.2. The molecule has 4 aromatic rings. The summed E-state index contributed by atoms with van der Waals surface area (Å²) in [7, 11) is 2.17. The molecule has 1 aliphatic rings. The quantitative estimate of drug-likeness (QED) is 0.332. The van der Waals surface area contributed by atoms with Crippen LogP contribution in [0, 0.1) is 6.92 Å². The Labute approximate surface area is 221 Å². The van der Waals surface area contributed by atoms with E-state index in [1.165, 1.54) is 10.6 Å². The molecule has 0 unspecified atom stereocenters. The minimum atomic E-state index is -0.130. The molecule has 0 spiro atoms. The Hall–Kier alpha value is -3.62. The van der Waals surface area contributed by atoms with Crippen LogP contribution in [0.2, 0.25) is 0 Å². The van der Waals surface area contributed by atoms with Crippen molar-refractivity contribution in [2.75, 3.05) is 38.1 Å². The molecule has 37 heavy (non-hydrogen) atoms. The van der Waals surface area contributed by atoms with Gasteiger partial charge in [-0.2, -0.15) is 0 Å². The molecular formula is C29H31N5O2S. The summed E-state index contributed by atoms with van der Waals surface area (Å²) in [4.78, 5) is 27.3. The number of carbonyl (C=O) groups excluding carboxylic acids is 1. The van der Waals surface area contributed by atoms with Gasteiger partial charge in [-0.25, -0.2) is 4.98 Å². The third-order valence-electron chi connectivity index (χ3n) is 6.54. The average Bonchev–Trinajstić information content (AvgIpc) is 3.32. The lowest BCUT2D eigenvalue weighted by molar-refractivity contribution is 0.0951. The van der Waals surface area contributed by atoms with Gasteiger partial charge < -0.3 is 19.5 Å². The first-order valence-corrected chi connectivity index (χ1v) is 13.4. The third-order valence-corrected chi connectivity index (χ3v) is 7.57. The van der Waals surface area contributed by atoms with Crippen LogP contribution in [0.3, 0.4) is 0 Å². The van der Waals surface area contributed by atoms with E-state index >= 15 is 0 Å². The molecule has 1 amide bonds. The number of nitrogens with zero attached hydrogens (tertiary/aromatic N) is 4. The van der Waals surface area contributed by atoms with Crippen LogP contribution in [-0.4, -0.2) is 54.0 Å². The summed E-state index contributed by atoms with van der Waals surface area (Å²) in [6, 6.07) is 19.9. The van der Waals surface area contributed by atoms with E-state index in [9.17, 15) is 4.79 Å². The van der Waals surface area contributed by atoms with Crippen LogP contribution in [0.15, 0.2) is 82.4 Å². The van der Waals surface area contributed by atoms with Gasteiger partial charge in [0.25, 0.3) is 5.91 Å². The first kappa shape index (κ1) is 25.0. The molecular weight excluding hydrogens is 482 g/mol. The molecule has 1 fully saturated rings. The number of hydrogen-bond donors (Lipinski definition) is 1. The van der Waals surface area contributed by atoms with Gasteiger partial charge in [-0.3, -0.25) is 9.78 Å². The fourth-order valence-corrected chi connectivity index (χ4v) is 5.11. The molecule has 0 radical (unpaired) electrons. The number of hydrogen-bond acceptors (Lipinski definition) is 7. The maximum absolute atomic E-state index is 12.5. The third kappa shape index (κ3) is 6.39. The Morgan fingerprint density at radius 2 is 1.78 bits per heavy atom. The molecule has 3 heterocycles. The van der Waals surface area contributed by atoms with Crippen molar-refractivity contribution in [1.29, 1.82) is 0 Å². The van der Waals surface area contributed by atoms with Crippen LogP contribution in [0.4, 0.5) is 5.69 Å². The number of carbonyl (C=O) groups is 1. The van der Waals surface area contributed by atoms with E-state index < -0.39 is 0 Å². The molecule has 1 saturated heterocycles. The second kappa shape index (κ2) is 11.6. The second-order valence-corrected chi connectivity index (χ2v) is 10.3. The molecule has 1 N–H and O–H groups in total. The van der Waals surface area contributed by atoms with Crippen LogP contribution in [-0.2, 0) is 12.3 Å². The number of benzene rings is 2. The Bertz CT molecular complexity index is 1310. The monoisotopic (exact) mass is 513 g/mol. The number of aromatic nitrogens is 2. The summed E-state index contributed by atoms with van der Waals surface area (Å²) >= 11 is 1.76. The number of oxazole rings is 1. The number of piperazine rings is 1. The number of thioether (sulfide) groups is 1. The van der Waals surface area contributed by atoms with Crippen molar-refractivity contribution in [3.8, 4) is 11.5 Å². The molecule has 2 aromatic carbocycles. The summed E-state index contributed by atoms with van der Waals surface area (Å²) in [5, 5.41) is 2.92. The standard InChI is InChI=1S/C29H31N5O2S/c1-21-27(20-37-26-11-9-25(10-12-26)34-16-14-33(2)15-17-34)32-29(36-21)24-7-5-23(6-8-24)28(35)31-19-22-4-3-13-30-18-22/h3-13,18H,14-17,19-20H2,1-2H3,(H,31,35). The van der Waals surface area contributed by atoms with E-state index in [1.807, 2.05) is 31.2 Å². The Balaban J connectivity index is 1.16. The molecule has 1 aliphatic heterocycles. The highest BCUT2D eigenvalue weighted by molar-refractivity contribution is 7.98. The molecule has 2 aromatic heterocycles. The molecule has 5 rings (SSSR count). The van der Waals surface area contributed by atoms with E-state index in [1.54, 1.807) is 36.3 Å². The Morgan fingerprint density at radius 3 is 2.49 bits per heavy atom. The van der Waals surface area contributed by atoms with Crippen LogP contribution in [0.25, 0.3) is 11.5 Å². The SMILES string of the molecule is Cc1oc(-c2ccc(C(=O)NCc3cccnc3)cc2)nc1CSc1ccc(N2CCN(C)CC2)cc1. The van der Waals surface area contributed by atoms with Gasteiger partial charge in [-0.1, -0.05) is 6.07 Å². The normalized spacial score (nSPS) is 14.1. The van der Waals surface area contributed by atoms with Gasteiger partial charge in [0.15, 0.2) is 0 Å². The minimum absolute atomic E-state index is 0.130. The van der Waals surface area contributed by atoms with Crippen LogP contribution >= 0.6 is 11.8 Å². The van der Waals surface area contributed by atoms with Gasteiger partial charge in [-0.15, -0.1) is 11.8 Å². The van der Waals surface area contributed by atoms with Crippen molar-refractivity contribution in [3.05, 3.63) is 95.6 Å². The van der Waals surface area contributed by atoms with Crippen molar-refractivity contribution in [1.82, 2.24) is 20.2 Å². The van der Waals surface area contributed by atoms with E-state index in [0.29, 0.717) is 18.0 Å². The van der Waals surface area contributed by atoms with Gasteiger partial charge in [0, 0.05) is 72.6 Å². The average molecular weight is 514 g/mol. The zero-order valence-corrected chi connectivity index (χ0v) is 22.0.